The van der Waals surface area contributed by atoms with Crippen molar-refractivity contribution in [1.29, 1.82) is 10.8 Å². The van der Waals surface area contributed by atoms with E-state index >= 15 is 0 Å². The highest BCUT2D eigenvalue weighted by Gasteiger charge is 2.28. The van der Waals surface area contributed by atoms with E-state index in [1.54, 1.807) is 11.3 Å². The summed E-state index contributed by atoms with van der Waals surface area (Å²) in [7, 11) is 0. The van der Waals surface area contributed by atoms with Gasteiger partial charge in [0, 0.05) is 55.0 Å². The molecule has 2 atom stereocenters. The number of piperazine rings is 1. The van der Waals surface area contributed by atoms with E-state index < -0.39 is 6.23 Å². The molecule has 2 aliphatic heterocycles. The van der Waals surface area contributed by atoms with Gasteiger partial charge in [-0.25, -0.2) is 4.98 Å². The third kappa shape index (κ3) is 3.60. The van der Waals surface area contributed by atoms with Gasteiger partial charge in [0.2, 0.25) is 0 Å². The van der Waals surface area contributed by atoms with Crippen molar-refractivity contribution in [2.45, 2.75) is 31.5 Å². The third-order valence-corrected chi connectivity index (χ3v) is 6.43. The number of aromatic nitrogens is 1. The smallest absolute Gasteiger partial charge is 0.160 e. The van der Waals surface area contributed by atoms with Crippen molar-refractivity contribution in [2.24, 2.45) is 0 Å². The van der Waals surface area contributed by atoms with Crippen molar-refractivity contribution >= 4 is 23.8 Å². The first-order valence-electron chi connectivity index (χ1n) is 9.54. The minimum Gasteiger partial charge on any atom is -0.492 e. The van der Waals surface area contributed by atoms with E-state index in [9.17, 15) is 5.11 Å². The zero-order chi connectivity index (χ0) is 19.7. The summed E-state index contributed by atoms with van der Waals surface area (Å²) >= 11 is 1.56. The molecule has 8 heteroatoms. The van der Waals surface area contributed by atoms with Crippen molar-refractivity contribution in [2.75, 3.05) is 26.2 Å². The molecule has 0 bridgehead atoms. The number of aliphatic hydroxyl groups is 1. The standard InChI is InChI=1S/C20H25N5O2S/c1-12-11-25(6-5-23-12)20(26)19-24-18-15-3-2-13(14(9-21)10-22)8-16(15)27-7-4-17(18)28-19/h2-3,8-10,12,14,20-23,26H,4-7,11H2,1H3. The highest BCUT2D eigenvalue weighted by Crippen LogP contribution is 2.40. The maximum Gasteiger partial charge on any atom is 0.160 e. The normalized spacial score (nSPS) is 21.6. The Morgan fingerprint density at radius 3 is 2.96 bits per heavy atom. The van der Waals surface area contributed by atoms with Gasteiger partial charge in [-0.05, 0) is 24.6 Å². The van der Waals surface area contributed by atoms with Crippen molar-refractivity contribution in [3.63, 3.8) is 0 Å². The summed E-state index contributed by atoms with van der Waals surface area (Å²) < 4.78 is 5.94. The first-order valence-corrected chi connectivity index (χ1v) is 10.4. The van der Waals surface area contributed by atoms with Crippen molar-refractivity contribution in [3.05, 3.63) is 33.6 Å². The number of benzene rings is 1. The number of thiazole rings is 1. The van der Waals surface area contributed by atoms with Gasteiger partial charge in [-0.2, -0.15) is 0 Å². The predicted octanol–water partition coefficient (Wildman–Crippen LogP) is 2.41. The van der Waals surface area contributed by atoms with Crippen molar-refractivity contribution in [3.8, 4) is 17.0 Å². The quantitative estimate of drug-likeness (QED) is 0.578. The number of rotatable bonds is 5. The Balaban J connectivity index is 1.66. The summed E-state index contributed by atoms with van der Waals surface area (Å²) in [5.41, 5.74) is 2.65. The van der Waals surface area contributed by atoms with Crippen LogP contribution in [0.5, 0.6) is 5.75 Å². The Bertz CT molecular complexity index is 875. The SMILES string of the molecule is CC1CN(C(O)c2nc3c(s2)CCOc2cc(C(C=N)C=N)ccc2-3)CCN1. The first kappa shape index (κ1) is 19.2. The summed E-state index contributed by atoms with van der Waals surface area (Å²) in [6.45, 7) is 5.13. The molecule has 2 aliphatic rings. The molecule has 4 N–H and O–H groups in total. The van der Waals surface area contributed by atoms with Crippen LogP contribution in [0.4, 0.5) is 0 Å². The van der Waals surface area contributed by atoms with Gasteiger partial charge in [-0.3, -0.25) is 4.90 Å². The number of fused-ring (bicyclic) bond motifs is 3. The summed E-state index contributed by atoms with van der Waals surface area (Å²) in [5.74, 6) is 0.381. The first-order chi connectivity index (χ1) is 13.6. The van der Waals surface area contributed by atoms with Crippen LogP contribution >= 0.6 is 11.3 Å². The average molecular weight is 400 g/mol. The van der Waals surface area contributed by atoms with Gasteiger partial charge in [0.15, 0.2) is 6.23 Å². The van der Waals surface area contributed by atoms with Crippen LogP contribution in [0.2, 0.25) is 0 Å². The number of nitrogens with one attached hydrogen (secondary N) is 3. The van der Waals surface area contributed by atoms with Crippen LogP contribution in [0, 0.1) is 10.8 Å². The Morgan fingerprint density at radius 2 is 2.21 bits per heavy atom. The van der Waals surface area contributed by atoms with Crippen LogP contribution in [0.1, 0.15) is 34.5 Å². The molecule has 2 aromatic rings. The summed E-state index contributed by atoms with van der Waals surface area (Å²) in [4.78, 5) is 8.00. The maximum atomic E-state index is 10.9. The van der Waals surface area contributed by atoms with E-state index in [0.29, 0.717) is 12.6 Å². The van der Waals surface area contributed by atoms with Crippen LogP contribution in [0.15, 0.2) is 18.2 Å². The van der Waals surface area contributed by atoms with Gasteiger partial charge in [0.1, 0.15) is 10.8 Å². The molecule has 2 unspecified atom stereocenters. The number of ether oxygens (including phenoxy) is 1. The molecule has 4 rings (SSSR count). The summed E-state index contributed by atoms with van der Waals surface area (Å²) in [5, 5.41) is 30.0. The second-order valence-corrected chi connectivity index (χ2v) is 8.38. The molecule has 0 spiro atoms. The van der Waals surface area contributed by atoms with Crippen LogP contribution in [0.3, 0.4) is 0 Å². The molecular weight excluding hydrogens is 374 g/mol. The van der Waals surface area contributed by atoms with Crippen LogP contribution in [0.25, 0.3) is 11.3 Å². The zero-order valence-corrected chi connectivity index (χ0v) is 16.6. The maximum absolute atomic E-state index is 10.9. The molecule has 28 heavy (non-hydrogen) atoms. The molecule has 1 fully saturated rings. The van der Waals surface area contributed by atoms with Gasteiger partial charge in [-0.1, -0.05) is 6.07 Å². The van der Waals surface area contributed by atoms with E-state index in [2.05, 4.69) is 17.1 Å². The monoisotopic (exact) mass is 399 g/mol. The van der Waals surface area contributed by atoms with E-state index in [1.807, 2.05) is 18.2 Å². The fourth-order valence-electron chi connectivity index (χ4n) is 3.76. The second kappa shape index (κ2) is 8.08. The van der Waals surface area contributed by atoms with Crippen molar-refractivity contribution in [1.82, 2.24) is 15.2 Å². The second-order valence-electron chi connectivity index (χ2n) is 7.26. The Hall–Kier alpha value is -2.13. The van der Waals surface area contributed by atoms with E-state index in [1.165, 1.54) is 12.4 Å². The molecule has 148 valence electrons. The van der Waals surface area contributed by atoms with Crippen LogP contribution in [-0.2, 0) is 6.42 Å². The Labute approximate surface area is 168 Å². The van der Waals surface area contributed by atoms with E-state index in [4.69, 9.17) is 20.5 Å². The minimum absolute atomic E-state index is 0.348. The summed E-state index contributed by atoms with van der Waals surface area (Å²) in [6, 6.07) is 6.13. The number of aliphatic hydroxyl groups excluding tert-OH is 1. The number of nitrogens with zero attached hydrogens (tertiary/aromatic N) is 2. The lowest BCUT2D eigenvalue weighted by atomic mass is 9.98. The molecule has 1 saturated heterocycles. The van der Waals surface area contributed by atoms with Gasteiger partial charge in [0.05, 0.1) is 18.2 Å². The van der Waals surface area contributed by atoms with Gasteiger partial charge in [0.25, 0.3) is 0 Å². The Kier molecular flexibility index (Phi) is 5.54. The largest absolute Gasteiger partial charge is 0.492 e. The molecule has 7 nitrogen and oxygen atoms in total. The van der Waals surface area contributed by atoms with Crippen molar-refractivity contribution < 1.29 is 9.84 Å². The van der Waals surface area contributed by atoms with E-state index in [-0.39, 0.29) is 5.92 Å². The molecule has 1 aromatic carbocycles. The Morgan fingerprint density at radius 1 is 1.39 bits per heavy atom. The lowest BCUT2D eigenvalue weighted by molar-refractivity contribution is -0.0139. The highest BCUT2D eigenvalue weighted by atomic mass is 32.1. The van der Waals surface area contributed by atoms with Gasteiger partial charge < -0.3 is 26.0 Å². The fraction of sp³-hybridized carbons (Fsp3) is 0.450. The van der Waals surface area contributed by atoms with Crippen LogP contribution < -0.4 is 10.1 Å². The molecular formula is C20H25N5O2S. The number of hydrogen-bond donors (Lipinski definition) is 4. The fourth-order valence-corrected chi connectivity index (χ4v) is 4.84. The lowest BCUT2D eigenvalue weighted by Crippen LogP contribution is -2.50. The summed E-state index contributed by atoms with van der Waals surface area (Å²) in [6.07, 6.45) is 2.57. The van der Waals surface area contributed by atoms with Crippen LogP contribution in [-0.4, -0.2) is 59.7 Å². The third-order valence-electron chi connectivity index (χ3n) is 5.27. The molecule has 0 amide bonds. The highest BCUT2D eigenvalue weighted by molar-refractivity contribution is 7.12. The predicted molar refractivity (Wildman–Crippen MR) is 111 cm³/mol. The molecule has 3 heterocycles. The van der Waals surface area contributed by atoms with Gasteiger partial charge in [-0.15, -0.1) is 11.3 Å². The zero-order valence-electron chi connectivity index (χ0n) is 15.8. The topological polar surface area (TPSA) is 105 Å². The minimum atomic E-state index is -0.690. The average Bonchev–Trinajstić information content (AvgIpc) is 3.05. The lowest BCUT2D eigenvalue weighted by Gasteiger charge is -2.34. The van der Waals surface area contributed by atoms with Gasteiger partial charge >= 0.3 is 0 Å². The molecule has 1 aromatic heterocycles. The molecule has 0 radical (unpaired) electrons. The van der Waals surface area contributed by atoms with E-state index in [0.717, 1.165) is 58.5 Å². The number of hydrogen-bond acceptors (Lipinski definition) is 8. The molecule has 0 aliphatic carbocycles. The molecule has 0 saturated carbocycles.